The van der Waals surface area contributed by atoms with Crippen LogP contribution in [0.1, 0.15) is 284 Å². The molecule has 0 rings (SSSR count). The average molecular weight is 1000 g/mol. The lowest BCUT2D eigenvalue weighted by Crippen LogP contribution is -2.30. The Balaban J connectivity index is 4.41. The highest BCUT2D eigenvalue weighted by Crippen LogP contribution is 2.15. The van der Waals surface area contributed by atoms with E-state index in [1.54, 1.807) is 0 Å². The number of carbonyl (C=O) groups is 3. The smallest absolute Gasteiger partial charge is 0.306 e. The van der Waals surface area contributed by atoms with Crippen LogP contribution in [0.25, 0.3) is 0 Å². The summed E-state index contributed by atoms with van der Waals surface area (Å²) in [5.74, 6) is -0.987. The summed E-state index contributed by atoms with van der Waals surface area (Å²) in [4.78, 5) is 38.2. The van der Waals surface area contributed by atoms with Crippen LogP contribution < -0.4 is 0 Å². The number of hydrogen-bond acceptors (Lipinski definition) is 6. The number of carbonyl (C=O) groups excluding carboxylic acids is 3. The highest BCUT2D eigenvalue weighted by Gasteiger charge is 2.19. The number of hydrogen-bond donors (Lipinski definition) is 0. The Morgan fingerprint density at radius 3 is 0.903 bits per heavy atom. The van der Waals surface area contributed by atoms with Crippen LogP contribution >= 0.6 is 0 Å². The predicted octanol–water partition coefficient (Wildman–Crippen LogP) is 20.5. The summed E-state index contributed by atoms with van der Waals surface area (Å²) in [7, 11) is 0. The Morgan fingerprint density at radius 2 is 0.569 bits per heavy atom. The summed E-state index contributed by atoms with van der Waals surface area (Å²) in [5, 5.41) is 0. The summed E-state index contributed by atoms with van der Waals surface area (Å²) in [6.07, 6.45) is 79.9. The molecule has 0 aliphatic carbocycles. The molecule has 72 heavy (non-hydrogen) atoms. The average Bonchev–Trinajstić information content (AvgIpc) is 3.38. The fourth-order valence-corrected chi connectivity index (χ4v) is 8.32. The van der Waals surface area contributed by atoms with Crippen molar-refractivity contribution in [1.29, 1.82) is 0 Å². The SMILES string of the molecule is CC/C=C\C/C=C\C/C=C\C/C=C\C/C=C\C/C=C\CCC(=O)OC(COC(=O)CCCCCCCCCCCCCC)COC(=O)CCCCCCCCCCCCC/C=C\C/C=C\CCCCCCC. The van der Waals surface area contributed by atoms with E-state index in [0.29, 0.717) is 19.3 Å². The Kier molecular flexibility index (Phi) is 56.8. The van der Waals surface area contributed by atoms with Gasteiger partial charge in [0, 0.05) is 19.3 Å². The molecule has 0 saturated heterocycles. The molecule has 412 valence electrons. The standard InChI is InChI=1S/C66H112O6/c1-4-7-10-13-16-19-22-25-27-29-31-32-33-34-36-37-39-41-44-47-50-53-56-59-65(68)71-62-63(61-70-64(67)58-55-52-49-46-43-24-21-18-15-12-9-6-3)72-66(69)60-57-54-51-48-45-42-40-38-35-30-28-26-23-20-17-14-11-8-5-2/h8,11,17,20,22,25-26,28-29,31,35,38,42,45,51,54,63H,4-7,9-10,12-16,18-19,21,23-24,27,30,32-34,36-37,39-41,43-44,46-50,52-53,55-62H2,1-3H3/b11-8-,20-17-,25-22-,28-26-,31-29-,38-35-,45-42-,54-51-. The van der Waals surface area contributed by atoms with Crippen molar-refractivity contribution in [1.82, 2.24) is 0 Å². The summed E-state index contributed by atoms with van der Waals surface area (Å²) in [6, 6.07) is 0. The maximum atomic E-state index is 12.8. The van der Waals surface area contributed by atoms with Crippen LogP contribution in [0.5, 0.6) is 0 Å². The minimum Gasteiger partial charge on any atom is -0.462 e. The second kappa shape index (κ2) is 59.9. The van der Waals surface area contributed by atoms with E-state index in [-0.39, 0.29) is 31.6 Å². The van der Waals surface area contributed by atoms with Gasteiger partial charge in [-0.1, -0.05) is 272 Å². The highest BCUT2D eigenvalue weighted by atomic mass is 16.6. The van der Waals surface area contributed by atoms with Crippen LogP contribution in [0.15, 0.2) is 97.2 Å². The van der Waals surface area contributed by atoms with E-state index >= 15 is 0 Å². The van der Waals surface area contributed by atoms with Gasteiger partial charge in [0.2, 0.25) is 0 Å². The van der Waals surface area contributed by atoms with Gasteiger partial charge in [0.05, 0.1) is 0 Å². The van der Waals surface area contributed by atoms with Gasteiger partial charge >= 0.3 is 17.9 Å². The van der Waals surface area contributed by atoms with Crippen LogP contribution in [0.4, 0.5) is 0 Å². The molecule has 1 unspecified atom stereocenters. The molecule has 6 heteroatoms. The molecule has 0 aliphatic rings. The Bertz CT molecular complexity index is 1430. The zero-order valence-electron chi connectivity index (χ0n) is 47.2. The summed E-state index contributed by atoms with van der Waals surface area (Å²) >= 11 is 0. The molecular weight excluding hydrogens is 889 g/mol. The third kappa shape index (κ3) is 57.2. The first-order valence-corrected chi connectivity index (χ1v) is 30.2. The molecule has 0 saturated carbocycles. The van der Waals surface area contributed by atoms with Crippen molar-refractivity contribution >= 4 is 17.9 Å². The lowest BCUT2D eigenvalue weighted by molar-refractivity contribution is -0.166. The molecular formula is C66H112O6. The van der Waals surface area contributed by atoms with Crippen molar-refractivity contribution in [2.24, 2.45) is 0 Å². The number of unbranched alkanes of at least 4 members (excludes halogenated alkanes) is 27. The third-order valence-electron chi connectivity index (χ3n) is 12.8. The fourth-order valence-electron chi connectivity index (χ4n) is 8.32. The van der Waals surface area contributed by atoms with Crippen molar-refractivity contribution in [3.63, 3.8) is 0 Å². The number of ether oxygens (including phenoxy) is 3. The topological polar surface area (TPSA) is 78.9 Å². The van der Waals surface area contributed by atoms with Gasteiger partial charge in [-0.3, -0.25) is 14.4 Å². The van der Waals surface area contributed by atoms with Gasteiger partial charge in [-0.05, 0) is 89.9 Å². The molecule has 6 nitrogen and oxygen atoms in total. The molecule has 0 aromatic heterocycles. The van der Waals surface area contributed by atoms with E-state index < -0.39 is 12.1 Å². The van der Waals surface area contributed by atoms with Gasteiger partial charge in [-0.25, -0.2) is 0 Å². The second-order valence-corrected chi connectivity index (χ2v) is 19.9. The summed E-state index contributed by atoms with van der Waals surface area (Å²) < 4.78 is 16.8. The molecule has 0 aliphatic heterocycles. The fraction of sp³-hybridized carbons (Fsp3) is 0.712. The second-order valence-electron chi connectivity index (χ2n) is 19.9. The minimum absolute atomic E-state index is 0.106. The molecule has 0 spiro atoms. The van der Waals surface area contributed by atoms with E-state index in [0.717, 1.165) is 83.5 Å². The zero-order chi connectivity index (χ0) is 52.2. The van der Waals surface area contributed by atoms with Crippen molar-refractivity contribution in [3.05, 3.63) is 97.2 Å². The minimum atomic E-state index is -0.818. The van der Waals surface area contributed by atoms with E-state index in [1.807, 2.05) is 6.08 Å². The van der Waals surface area contributed by atoms with Gasteiger partial charge in [-0.15, -0.1) is 0 Å². The lowest BCUT2D eigenvalue weighted by atomic mass is 10.0. The predicted molar refractivity (Wildman–Crippen MR) is 311 cm³/mol. The molecule has 1 atom stereocenters. The first-order valence-electron chi connectivity index (χ1n) is 30.2. The van der Waals surface area contributed by atoms with Crippen molar-refractivity contribution in [2.45, 2.75) is 290 Å². The summed E-state index contributed by atoms with van der Waals surface area (Å²) in [5.41, 5.74) is 0. The zero-order valence-corrected chi connectivity index (χ0v) is 47.2. The van der Waals surface area contributed by atoms with E-state index in [4.69, 9.17) is 14.2 Å². The van der Waals surface area contributed by atoms with Gasteiger partial charge in [0.25, 0.3) is 0 Å². The van der Waals surface area contributed by atoms with Crippen LogP contribution in [0, 0.1) is 0 Å². The summed E-state index contributed by atoms with van der Waals surface area (Å²) in [6.45, 7) is 6.47. The van der Waals surface area contributed by atoms with Crippen molar-refractivity contribution in [3.8, 4) is 0 Å². The normalized spacial score (nSPS) is 12.8. The van der Waals surface area contributed by atoms with E-state index in [9.17, 15) is 14.4 Å². The Morgan fingerprint density at radius 1 is 0.292 bits per heavy atom. The quantitative estimate of drug-likeness (QED) is 0.0261. The van der Waals surface area contributed by atoms with Crippen LogP contribution in [-0.2, 0) is 28.6 Å². The van der Waals surface area contributed by atoms with Crippen LogP contribution in [0.3, 0.4) is 0 Å². The molecule has 0 N–H and O–H groups in total. The van der Waals surface area contributed by atoms with Gasteiger partial charge in [0.1, 0.15) is 13.2 Å². The van der Waals surface area contributed by atoms with Crippen molar-refractivity contribution in [2.75, 3.05) is 13.2 Å². The first kappa shape index (κ1) is 68.3. The maximum Gasteiger partial charge on any atom is 0.306 e. The van der Waals surface area contributed by atoms with Gasteiger partial charge in [0.15, 0.2) is 6.10 Å². The number of allylic oxidation sites excluding steroid dienone is 16. The molecule has 0 aromatic carbocycles. The number of rotatable bonds is 54. The third-order valence-corrected chi connectivity index (χ3v) is 12.8. The molecule has 0 heterocycles. The van der Waals surface area contributed by atoms with Gasteiger partial charge < -0.3 is 14.2 Å². The molecule has 0 radical (unpaired) electrons. The van der Waals surface area contributed by atoms with E-state index in [1.165, 1.54) is 154 Å². The molecule has 0 bridgehead atoms. The Hall–Kier alpha value is -3.67. The van der Waals surface area contributed by atoms with Crippen molar-refractivity contribution < 1.29 is 28.6 Å². The van der Waals surface area contributed by atoms with Crippen LogP contribution in [-0.4, -0.2) is 37.2 Å². The largest absolute Gasteiger partial charge is 0.462 e. The molecule has 0 fully saturated rings. The maximum absolute atomic E-state index is 12.8. The molecule has 0 amide bonds. The monoisotopic (exact) mass is 1000 g/mol. The highest BCUT2D eigenvalue weighted by molar-refractivity contribution is 5.71. The lowest BCUT2D eigenvalue weighted by Gasteiger charge is -2.18. The van der Waals surface area contributed by atoms with E-state index in [2.05, 4.69) is 112 Å². The van der Waals surface area contributed by atoms with Crippen LogP contribution in [0.2, 0.25) is 0 Å². The first-order chi connectivity index (χ1) is 35.5. The Labute approximate surface area is 445 Å². The number of esters is 3. The van der Waals surface area contributed by atoms with Gasteiger partial charge in [-0.2, -0.15) is 0 Å². The molecule has 0 aromatic rings.